The molecule has 0 aliphatic rings. The first-order valence-electron chi connectivity index (χ1n) is 5.61. The van der Waals surface area contributed by atoms with Crippen LogP contribution in [-0.4, -0.2) is 22.3 Å². The fourth-order valence-electron chi connectivity index (χ4n) is 1.58. The van der Waals surface area contributed by atoms with Crippen molar-refractivity contribution in [2.75, 3.05) is 14.2 Å². The molecule has 0 N–H and O–H groups in total. The van der Waals surface area contributed by atoms with Crippen molar-refractivity contribution in [3.63, 3.8) is 0 Å². The Bertz CT molecular complexity index is 333. The minimum Gasteiger partial charge on any atom is -0.497 e. The third-order valence-electron chi connectivity index (χ3n) is 3.17. The Morgan fingerprint density at radius 3 is 1.69 bits per heavy atom. The van der Waals surface area contributed by atoms with Gasteiger partial charge < -0.3 is 9.47 Å². The average Bonchev–Trinajstić information content (AvgIpc) is 2.26. The minimum absolute atomic E-state index is 0.594. The van der Waals surface area contributed by atoms with Gasteiger partial charge in [-0.15, -0.1) is 0 Å². The van der Waals surface area contributed by atoms with Crippen molar-refractivity contribution in [2.45, 2.75) is 32.1 Å². The van der Waals surface area contributed by atoms with Crippen LogP contribution in [0, 0.1) is 0 Å². The second-order valence-electron chi connectivity index (χ2n) is 5.23. The summed E-state index contributed by atoms with van der Waals surface area (Å²) in [6.45, 7) is 9.43. The zero-order valence-corrected chi connectivity index (χ0v) is 12.1. The van der Waals surface area contributed by atoms with E-state index in [1.54, 1.807) is 14.2 Å². The summed E-state index contributed by atoms with van der Waals surface area (Å²) in [6.07, 6.45) is 0. The number of ether oxygens (including phenoxy) is 2. The molecular weight excluding hydrogens is 216 g/mol. The molecule has 0 heterocycles. The highest BCUT2D eigenvalue weighted by molar-refractivity contribution is 6.77. The van der Waals surface area contributed by atoms with E-state index < -0.39 is 8.07 Å². The molecule has 0 saturated carbocycles. The van der Waals surface area contributed by atoms with E-state index >= 15 is 0 Å². The molecule has 0 bridgehead atoms. The molecule has 0 amide bonds. The molecule has 1 unspecified atom stereocenters. The molecule has 0 aliphatic heterocycles. The van der Waals surface area contributed by atoms with Gasteiger partial charge in [-0.1, -0.05) is 26.6 Å². The van der Waals surface area contributed by atoms with Crippen molar-refractivity contribution in [3.8, 4) is 11.5 Å². The quantitative estimate of drug-likeness (QED) is 0.745. The van der Waals surface area contributed by atoms with Gasteiger partial charge in [0.15, 0.2) is 0 Å². The van der Waals surface area contributed by atoms with Crippen molar-refractivity contribution in [1.29, 1.82) is 0 Å². The number of rotatable bonds is 4. The lowest BCUT2D eigenvalue weighted by Gasteiger charge is -2.26. The maximum absolute atomic E-state index is 5.30. The third kappa shape index (κ3) is 3.01. The Balaban J connectivity index is 3.13. The number of hydrogen-bond donors (Lipinski definition) is 0. The molecule has 1 aromatic carbocycles. The van der Waals surface area contributed by atoms with Crippen molar-refractivity contribution in [1.82, 2.24) is 0 Å². The van der Waals surface area contributed by atoms with Crippen LogP contribution in [0.2, 0.25) is 19.6 Å². The third-order valence-corrected chi connectivity index (χ3v) is 6.10. The molecule has 1 rings (SSSR count). The second-order valence-corrected chi connectivity index (χ2v) is 10.8. The lowest BCUT2D eigenvalue weighted by molar-refractivity contribution is 0.393. The number of hydrogen-bond acceptors (Lipinski definition) is 2. The first kappa shape index (κ1) is 13.1. The Morgan fingerprint density at radius 1 is 0.938 bits per heavy atom. The normalized spacial score (nSPS) is 13.4. The van der Waals surface area contributed by atoms with E-state index in [1.807, 2.05) is 6.07 Å². The van der Waals surface area contributed by atoms with Gasteiger partial charge in [-0.05, 0) is 23.2 Å². The van der Waals surface area contributed by atoms with Gasteiger partial charge in [-0.25, -0.2) is 0 Å². The van der Waals surface area contributed by atoms with Crippen LogP contribution in [0.5, 0.6) is 11.5 Å². The van der Waals surface area contributed by atoms with Crippen LogP contribution in [0.25, 0.3) is 0 Å². The zero-order valence-electron chi connectivity index (χ0n) is 11.1. The Labute approximate surface area is 99.6 Å². The van der Waals surface area contributed by atoms with Crippen LogP contribution in [-0.2, 0) is 0 Å². The Morgan fingerprint density at radius 2 is 1.38 bits per heavy atom. The van der Waals surface area contributed by atoms with Crippen molar-refractivity contribution >= 4 is 8.07 Å². The fraction of sp³-hybridized carbons (Fsp3) is 0.538. The van der Waals surface area contributed by atoms with Gasteiger partial charge in [0.2, 0.25) is 0 Å². The summed E-state index contributed by atoms with van der Waals surface area (Å²) in [6, 6.07) is 6.15. The van der Waals surface area contributed by atoms with Crippen molar-refractivity contribution < 1.29 is 9.47 Å². The summed E-state index contributed by atoms with van der Waals surface area (Å²) in [5.74, 6) is 1.75. The maximum atomic E-state index is 5.30. The predicted molar refractivity (Wildman–Crippen MR) is 71.3 cm³/mol. The Kier molecular flexibility index (Phi) is 4.02. The van der Waals surface area contributed by atoms with Gasteiger partial charge in [0.25, 0.3) is 0 Å². The predicted octanol–water partition coefficient (Wildman–Crippen LogP) is 3.68. The summed E-state index contributed by atoms with van der Waals surface area (Å²) in [4.78, 5) is 0. The summed E-state index contributed by atoms with van der Waals surface area (Å²) < 4.78 is 10.6. The Hall–Kier alpha value is -0.963. The zero-order chi connectivity index (χ0) is 12.3. The summed E-state index contributed by atoms with van der Waals surface area (Å²) >= 11 is 0. The summed E-state index contributed by atoms with van der Waals surface area (Å²) in [5.41, 5.74) is 1.91. The summed E-state index contributed by atoms with van der Waals surface area (Å²) in [7, 11) is 2.20. The molecule has 1 aromatic rings. The van der Waals surface area contributed by atoms with Crippen LogP contribution in [0.15, 0.2) is 18.2 Å². The van der Waals surface area contributed by atoms with Crippen LogP contribution in [0.1, 0.15) is 18.0 Å². The second kappa shape index (κ2) is 4.91. The minimum atomic E-state index is -1.18. The topological polar surface area (TPSA) is 18.5 Å². The van der Waals surface area contributed by atoms with Gasteiger partial charge >= 0.3 is 0 Å². The van der Waals surface area contributed by atoms with Gasteiger partial charge in [-0.2, -0.15) is 0 Å². The van der Waals surface area contributed by atoms with Gasteiger partial charge in [0.05, 0.1) is 22.3 Å². The standard InChI is InChI=1S/C13H22O2Si/c1-10(16(4,5)6)11-7-12(14-2)9-13(8-11)15-3/h7-10H,1-6H3. The molecule has 2 nitrogen and oxygen atoms in total. The summed E-state index contributed by atoms with van der Waals surface area (Å²) in [5, 5.41) is 0. The lowest BCUT2D eigenvalue weighted by atomic mass is 10.1. The molecule has 1 atom stereocenters. The highest BCUT2D eigenvalue weighted by Crippen LogP contribution is 2.32. The molecular formula is C13H22O2Si. The highest BCUT2D eigenvalue weighted by Gasteiger charge is 2.24. The van der Waals surface area contributed by atoms with Crippen LogP contribution in [0.3, 0.4) is 0 Å². The van der Waals surface area contributed by atoms with E-state index in [2.05, 4.69) is 38.7 Å². The molecule has 16 heavy (non-hydrogen) atoms. The smallest absolute Gasteiger partial charge is 0.122 e. The monoisotopic (exact) mass is 238 g/mol. The van der Waals surface area contributed by atoms with Crippen LogP contribution < -0.4 is 9.47 Å². The van der Waals surface area contributed by atoms with Gasteiger partial charge in [0, 0.05) is 6.07 Å². The van der Waals surface area contributed by atoms with Crippen LogP contribution >= 0.6 is 0 Å². The van der Waals surface area contributed by atoms with E-state index in [1.165, 1.54) is 5.56 Å². The highest BCUT2D eigenvalue weighted by atomic mass is 28.3. The molecule has 0 aromatic heterocycles. The first-order valence-corrected chi connectivity index (χ1v) is 9.19. The van der Waals surface area contributed by atoms with E-state index in [9.17, 15) is 0 Å². The van der Waals surface area contributed by atoms with Crippen molar-refractivity contribution in [3.05, 3.63) is 23.8 Å². The van der Waals surface area contributed by atoms with Gasteiger partial charge in [-0.3, -0.25) is 0 Å². The number of benzene rings is 1. The van der Waals surface area contributed by atoms with E-state index in [-0.39, 0.29) is 0 Å². The lowest BCUT2D eigenvalue weighted by Crippen LogP contribution is -2.28. The van der Waals surface area contributed by atoms with E-state index in [4.69, 9.17) is 9.47 Å². The fourth-order valence-corrected chi connectivity index (χ4v) is 2.75. The molecule has 0 saturated heterocycles. The van der Waals surface area contributed by atoms with Crippen LogP contribution in [0.4, 0.5) is 0 Å². The van der Waals surface area contributed by atoms with Crippen molar-refractivity contribution in [2.24, 2.45) is 0 Å². The van der Waals surface area contributed by atoms with E-state index in [0.717, 1.165) is 11.5 Å². The molecule has 90 valence electrons. The average molecular weight is 238 g/mol. The molecule has 0 aliphatic carbocycles. The largest absolute Gasteiger partial charge is 0.497 e. The SMILES string of the molecule is COc1cc(OC)cc(C(C)[Si](C)(C)C)c1. The maximum Gasteiger partial charge on any atom is 0.122 e. The van der Waals surface area contributed by atoms with E-state index in [0.29, 0.717) is 5.54 Å². The molecule has 0 fully saturated rings. The number of methoxy groups -OCH3 is 2. The van der Waals surface area contributed by atoms with Gasteiger partial charge in [0.1, 0.15) is 11.5 Å². The molecule has 0 spiro atoms. The molecule has 0 radical (unpaired) electrons. The molecule has 3 heteroatoms. The first-order chi connectivity index (χ1) is 7.38.